The van der Waals surface area contributed by atoms with E-state index in [1.807, 2.05) is 18.2 Å². The lowest BCUT2D eigenvalue weighted by Gasteiger charge is -2.20. The molecular formula is C43H77O11P. The van der Waals surface area contributed by atoms with E-state index in [1.165, 1.54) is 70.6 Å². The molecule has 0 bridgehead atoms. The molecule has 0 saturated carbocycles. The second-order valence-corrected chi connectivity index (χ2v) is 16.1. The predicted octanol–water partition coefficient (Wildman–Crippen LogP) is 9.77. The number of hydrogen-bond acceptors (Lipinski definition) is 10. The number of aliphatic hydroxyl groups excluding tert-OH is 3. The van der Waals surface area contributed by atoms with Crippen LogP contribution in [0.5, 0.6) is 0 Å². The first-order valence-corrected chi connectivity index (χ1v) is 22.6. The molecule has 0 spiro atoms. The molecule has 0 aliphatic rings. The minimum atomic E-state index is -4.65. The van der Waals surface area contributed by atoms with E-state index in [1.54, 1.807) is 18.2 Å². The molecule has 12 heteroatoms. The number of carbonyl (C=O) groups is 2. The molecule has 4 atom stereocenters. The lowest BCUT2D eigenvalue weighted by molar-refractivity contribution is -0.161. The molecule has 4 N–H and O–H groups in total. The Labute approximate surface area is 333 Å². The van der Waals surface area contributed by atoms with Crippen LogP contribution in [-0.4, -0.2) is 76.9 Å². The van der Waals surface area contributed by atoms with Crippen LogP contribution in [0.2, 0.25) is 0 Å². The van der Waals surface area contributed by atoms with Gasteiger partial charge in [0.1, 0.15) is 12.7 Å². The van der Waals surface area contributed by atoms with Gasteiger partial charge in [-0.3, -0.25) is 18.6 Å². The topological polar surface area (TPSA) is 169 Å². The van der Waals surface area contributed by atoms with Gasteiger partial charge < -0.3 is 29.7 Å². The molecule has 11 nitrogen and oxygen atoms in total. The van der Waals surface area contributed by atoms with Crippen molar-refractivity contribution in [3.05, 3.63) is 48.6 Å². The van der Waals surface area contributed by atoms with Crippen molar-refractivity contribution < 1.29 is 52.9 Å². The normalized spacial score (nSPS) is 15.1. The summed E-state index contributed by atoms with van der Waals surface area (Å²) in [5.41, 5.74) is 0. The van der Waals surface area contributed by atoms with Crippen molar-refractivity contribution in [3.63, 3.8) is 0 Å². The summed E-state index contributed by atoms with van der Waals surface area (Å²) in [6.07, 6.45) is 34.0. The van der Waals surface area contributed by atoms with Crippen LogP contribution in [0.25, 0.3) is 0 Å². The fourth-order valence-corrected chi connectivity index (χ4v) is 6.22. The smallest absolute Gasteiger partial charge is 0.462 e. The summed E-state index contributed by atoms with van der Waals surface area (Å²) in [4.78, 5) is 34.9. The van der Waals surface area contributed by atoms with Gasteiger partial charge in [0.15, 0.2) is 6.10 Å². The third-order valence-electron chi connectivity index (χ3n) is 8.74. The van der Waals surface area contributed by atoms with Gasteiger partial charge in [0.05, 0.1) is 25.9 Å². The Morgan fingerprint density at radius 1 is 0.673 bits per heavy atom. The van der Waals surface area contributed by atoms with Crippen molar-refractivity contribution >= 4 is 19.8 Å². The minimum absolute atomic E-state index is 0.0489. The third kappa shape index (κ3) is 38.5. The van der Waals surface area contributed by atoms with Gasteiger partial charge in [-0.05, 0) is 50.9 Å². The number of phosphoric acid groups is 1. The molecule has 0 aliphatic heterocycles. The molecular weight excluding hydrogens is 723 g/mol. The number of rotatable bonds is 38. The summed E-state index contributed by atoms with van der Waals surface area (Å²) in [5.74, 6) is -0.264. The molecule has 0 fully saturated rings. The number of esters is 2. The van der Waals surface area contributed by atoms with Crippen LogP contribution in [0, 0.1) is 5.92 Å². The quantitative estimate of drug-likeness (QED) is 0.0154. The van der Waals surface area contributed by atoms with Crippen LogP contribution >= 0.6 is 7.82 Å². The predicted molar refractivity (Wildman–Crippen MR) is 220 cm³/mol. The van der Waals surface area contributed by atoms with Crippen LogP contribution in [0.3, 0.4) is 0 Å². The Bertz CT molecular complexity index is 1090. The number of phosphoric ester groups is 1. The van der Waals surface area contributed by atoms with Gasteiger partial charge in [-0.15, -0.1) is 0 Å². The Balaban J connectivity index is 4.51. The molecule has 0 aromatic carbocycles. The SMILES string of the molecule is CCCCC/C=C\C/C=C\CC(O)/C=C\C=C\CCCC(=O)O[C@H](COC(=O)CCCCCCCCCCCCCC(C)C)COP(=O)(O)OC[C@@H](O)CO. The maximum absolute atomic E-state index is 12.6. The molecule has 0 saturated heterocycles. The Morgan fingerprint density at radius 2 is 1.27 bits per heavy atom. The molecule has 2 unspecified atom stereocenters. The molecule has 0 heterocycles. The van der Waals surface area contributed by atoms with Gasteiger partial charge in [-0.1, -0.05) is 153 Å². The average molecular weight is 801 g/mol. The molecule has 0 rings (SSSR count). The Kier molecular flexibility index (Phi) is 36.0. The Hall–Kier alpha value is -2.11. The lowest BCUT2D eigenvalue weighted by atomic mass is 10.0. The van der Waals surface area contributed by atoms with E-state index in [0.717, 1.165) is 38.0 Å². The molecule has 0 aromatic rings. The van der Waals surface area contributed by atoms with Crippen molar-refractivity contribution in [3.8, 4) is 0 Å². The van der Waals surface area contributed by atoms with Gasteiger partial charge in [-0.25, -0.2) is 4.57 Å². The van der Waals surface area contributed by atoms with Crippen LogP contribution in [-0.2, 0) is 32.7 Å². The van der Waals surface area contributed by atoms with Crippen molar-refractivity contribution in [1.82, 2.24) is 0 Å². The number of aliphatic hydroxyl groups is 3. The third-order valence-corrected chi connectivity index (χ3v) is 9.70. The summed E-state index contributed by atoms with van der Waals surface area (Å²) in [7, 11) is -4.65. The summed E-state index contributed by atoms with van der Waals surface area (Å²) >= 11 is 0. The maximum Gasteiger partial charge on any atom is 0.472 e. The van der Waals surface area contributed by atoms with Crippen LogP contribution in [0.1, 0.15) is 162 Å². The van der Waals surface area contributed by atoms with Crippen LogP contribution < -0.4 is 0 Å². The number of carbonyl (C=O) groups excluding carboxylic acids is 2. The average Bonchev–Trinajstić information content (AvgIpc) is 3.15. The zero-order chi connectivity index (χ0) is 40.8. The monoisotopic (exact) mass is 801 g/mol. The van der Waals surface area contributed by atoms with Gasteiger partial charge >= 0.3 is 19.8 Å². The zero-order valence-electron chi connectivity index (χ0n) is 34.4. The van der Waals surface area contributed by atoms with Crippen molar-refractivity contribution in [2.24, 2.45) is 5.92 Å². The Morgan fingerprint density at radius 3 is 1.93 bits per heavy atom. The molecule has 0 amide bonds. The van der Waals surface area contributed by atoms with Crippen LogP contribution in [0.4, 0.5) is 0 Å². The number of unbranched alkanes of at least 4 members (excludes halogenated alkanes) is 14. The van der Waals surface area contributed by atoms with E-state index in [4.69, 9.17) is 19.1 Å². The first kappa shape index (κ1) is 52.9. The molecule has 0 aliphatic carbocycles. The largest absolute Gasteiger partial charge is 0.472 e. The fourth-order valence-electron chi connectivity index (χ4n) is 5.43. The summed E-state index contributed by atoms with van der Waals surface area (Å²) in [6.45, 7) is 4.48. The highest BCUT2D eigenvalue weighted by Crippen LogP contribution is 2.43. The highest BCUT2D eigenvalue weighted by molar-refractivity contribution is 7.47. The van der Waals surface area contributed by atoms with E-state index in [0.29, 0.717) is 25.7 Å². The molecule has 55 heavy (non-hydrogen) atoms. The second-order valence-electron chi connectivity index (χ2n) is 14.7. The fraction of sp³-hybridized carbons (Fsp3) is 0.767. The van der Waals surface area contributed by atoms with E-state index in [9.17, 15) is 29.3 Å². The zero-order valence-corrected chi connectivity index (χ0v) is 35.3. The standard InChI is InChI=1S/C43H77O11P/c1-4-5-6-7-8-12-16-20-25-30-39(45)31-26-21-18-23-28-33-43(48)54-41(37-53-55(49,50)52-35-40(46)34-44)36-51-42(47)32-27-22-17-14-11-9-10-13-15-19-24-29-38(2)3/h8,12,18,20-21,25-26,31,38-41,44-46H,4-7,9-11,13-17,19,22-24,27-30,32-37H2,1-3H3,(H,49,50)/b12-8-,21-18+,25-20-,31-26-/t39?,40-,41+/m0/s1. The van der Waals surface area contributed by atoms with Crippen molar-refractivity contribution in [2.75, 3.05) is 26.4 Å². The second kappa shape index (κ2) is 37.5. The minimum Gasteiger partial charge on any atom is -0.462 e. The summed E-state index contributed by atoms with van der Waals surface area (Å²) < 4.78 is 32.6. The highest BCUT2D eigenvalue weighted by atomic mass is 31.2. The van der Waals surface area contributed by atoms with E-state index in [2.05, 4.69) is 37.4 Å². The van der Waals surface area contributed by atoms with Gasteiger partial charge in [0, 0.05) is 12.8 Å². The highest BCUT2D eigenvalue weighted by Gasteiger charge is 2.27. The van der Waals surface area contributed by atoms with Gasteiger partial charge in [0.2, 0.25) is 0 Å². The molecule has 0 radical (unpaired) electrons. The van der Waals surface area contributed by atoms with Gasteiger partial charge in [0.25, 0.3) is 0 Å². The summed E-state index contributed by atoms with van der Waals surface area (Å²) in [5, 5.41) is 28.4. The lowest BCUT2D eigenvalue weighted by Crippen LogP contribution is -2.29. The van der Waals surface area contributed by atoms with E-state index in [-0.39, 0.29) is 19.4 Å². The van der Waals surface area contributed by atoms with Crippen LogP contribution in [0.15, 0.2) is 48.6 Å². The molecule has 320 valence electrons. The van der Waals surface area contributed by atoms with E-state index < -0.39 is 57.9 Å². The summed E-state index contributed by atoms with van der Waals surface area (Å²) in [6, 6.07) is 0. The maximum atomic E-state index is 12.6. The first-order valence-electron chi connectivity index (χ1n) is 21.1. The van der Waals surface area contributed by atoms with Crippen molar-refractivity contribution in [1.29, 1.82) is 0 Å². The molecule has 0 aromatic heterocycles. The van der Waals surface area contributed by atoms with Gasteiger partial charge in [-0.2, -0.15) is 0 Å². The number of hydrogen-bond donors (Lipinski definition) is 4. The van der Waals surface area contributed by atoms with E-state index >= 15 is 0 Å². The number of ether oxygens (including phenoxy) is 2. The van der Waals surface area contributed by atoms with Crippen molar-refractivity contribution in [2.45, 2.75) is 180 Å². The number of allylic oxidation sites excluding steroid dienone is 6. The first-order chi connectivity index (χ1) is 26.5.